The number of ether oxygens (including phenoxy) is 1. The van der Waals surface area contributed by atoms with Gasteiger partial charge in [-0.15, -0.1) is 5.10 Å². The molecule has 8 heteroatoms. The van der Waals surface area contributed by atoms with Gasteiger partial charge in [0.2, 0.25) is 11.9 Å². The molecule has 29 heavy (non-hydrogen) atoms. The summed E-state index contributed by atoms with van der Waals surface area (Å²) in [5, 5.41) is 11.7. The number of nitrogens with zero attached hydrogens (tertiary/aromatic N) is 4. The molecule has 8 nitrogen and oxygen atoms in total. The van der Waals surface area contributed by atoms with Crippen molar-refractivity contribution in [2.45, 2.75) is 19.4 Å². The average molecular weight is 388 g/mol. The van der Waals surface area contributed by atoms with E-state index in [0.717, 1.165) is 27.8 Å². The van der Waals surface area contributed by atoms with Gasteiger partial charge in [-0.25, -0.2) is 9.97 Å². The summed E-state index contributed by atoms with van der Waals surface area (Å²) in [6.45, 7) is 2.68. The SMILES string of the molecule is COc1cccc(-c2nc3c4c(C)cccc4nc(NC4CCNC4=O)n3n2)c1. The molecular formula is C21H20N6O2. The van der Waals surface area contributed by atoms with Crippen LogP contribution in [0, 0.1) is 6.92 Å². The topological polar surface area (TPSA) is 93.4 Å². The van der Waals surface area contributed by atoms with E-state index in [1.54, 1.807) is 11.6 Å². The summed E-state index contributed by atoms with van der Waals surface area (Å²) in [5.74, 6) is 1.78. The predicted molar refractivity (Wildman–Crippen MR) is 110 cm³/mol. The minimum Gasteiger partial charge on any atom is -0.497 e. The molecule has 1 aliphatic heterocycles. The molecule has 1 unspecified atom stereocenters. The first-order valence-electron chi connectivity index (χ1n) is 9.49. The van der Waals surface area contributed by atoms with Crippen LogP contribution in [0.2, 0.25) is 0 Å². The lowest BCUT2D eigenvalue weighted by molar-refractivity contribution is -0.119. The lowest BCUT2D eigenvalue weighted by atomic mass is 10.1. The molecule has 1 amide bonds. The Morgan fingerprint density at radius 2 is 2.07 bits per heavy atom. The van der Waals surface area contributed by atoms with Gasteiger partial charge in [-0.05, 0) is 37.1 Å². The summed E-state index contributed by atoms with van der Waals surface area (Å²) >= 11 is 0. The van der Waals surface area contributed by atoms with Crippen molar-refractivity contribution in [2.24, 2.45) is 0 Å². The van der Waals surface area contributed by atoms with E-state index in [4.69, 9.17) is 19.8 Å². The number of benzene rings is 2. The largest absolute Gasteiger partial charge is 0.497 e. The molecule has 5 rings (SSSR count). The number of carbonyl (C=O) groups excluding carboxylic acids is 1. The van der Waals surface area contributed by atoms with Gasteiger partial charge in [0.1, 0.15) is 11.8 Å². The molecule has 0 spiro atoms. The number of hydrogen-bond donors (Lipinski definition) is 2. The number of nitrogens with one attached hydrogen (secondary N) is 2. The Hall–Kier alpha value is -3.68. The van der Waals surface area contributed by atoms with Gasteiger partial charge >= 0.3 is 0 Å². The highest BCUT2D eigenvalue weighted by molar-refractivity contribution is 5.96. The zero-order valence-corrected chi connectivity index (χ0v) is 16.1. The third-order valence-electron chi connectivity index (χ3n) is 5.19. The van der Waals surface area contributed by atoms with E-state index in [0.29, 0.717) is 30.4 Å². The second kappa shape index (κ2) is 6.73. The molecule has 146 valence electrons. The summed E-state index contributed by atoms with van der Waals surface area (Å²) in [6.07, 6.45) is 0.700. The van der Waals surface area contributed by atoms with Gasteiger partial charge in [-0.2, -0.15) is 4.52 Å². The van der Waals surface area contributed by atoms with Gasteiger partial charge in [0.15, 0.2) is 11.5 Å². The summed E-state index contributed by atoms with van der Waals surface area (Å²) in [6, 6.07) is 13.2. The molecule has 3 heterocycles. The quantitative estimate of drug-likeness (QED) is 0.558. The minimum absolute atomic E-state index is 0.0302. The summed E-state index contributed by atoms with van der Waals surface area (Å²) in [4.78, 5) is 21.6. The van der Waals surface area contributed by atoms with Crippen LogP contribution < -0.4 is 15.4 Å². The maximum absolute atomic E-state index is 12.1. The van der Waals surface area contributed by atoms with Crippen LogP contribution >= 0.6 is 0 Å². The number of methoxy groups -OCH3 is 1. The monoisotopic (exact) mass is 388 g/mol. The Morgan fingerprint density at radius 1 is 1.21 bits per heavy atom. The Morgan fingerprint density at radius 3 is 2.86 bits per heavy atom. The van der Waals surface area contributed by atoms with E-state index >= 15 is 0 Å². The number of anilines is 1. The zero-order chi connectivity index (χ0) is 20.0. The van der Waals surface area contributed by atoms with Crippen molar-refractivity contribution in [3.8, 4) is 17.1 Å². The average Bonchev–Trinajstić information content (AvgIpc) is 3.35. The highest BCUT2D eigenvalue weighted by atomic mass is 16.5. The number of aromatic nitrogens is 4. The third kappa shape index (κ3) is 2.93. The molecule has 0 radical (unpaired) electrons. The van der Waals surface area contributed by atoms with Crippen LogP contribution in [0.15, 0.2) is 42.5 Å². The molecule has 0 bridgehead atoms. The number of rotatable bonds is 4. The lowest BCUT2D eigenvalue weighted by Crippen LogP contribution is -2.30. The Labute approximate surface area is 166 Å². The number of fused-ring (bicyclic) bond motifs is 3. The number of amides is 1. The molecule has 1 atom stereocenters. The maximum Gasteiger partial charge on any atom is 0.242 e. The molecule has 2 aromatic carbocycles. The van der Waals surface area contributed by atoms with Crippen LogP contribution in [0.5, 0.6) is 5.75 Å². The van der Waals surface area contributed by atoms with Crippen LogP contribution in [0.25, 0.3) is 27.9 Å². The molecule has 0 aliphatic carbocycles. The smallest absolute Gasteiger partial charge is 0.242 e. The van der Waals surface area contributed by atoms with E-state index in [9.17, 15) is 4.79 Å². The summed E-state index contributed by atoms with van der Waals surface area (Å²) in [7, 11) is 1.63. The van der Waals surface area contributed by atoms with Gasteiger partial charge < -0.3 is 15.4 Å². The van der Waals surface area contributed by atoms with Crippen LogP contribution in [-0.4, -0.2) is 45.2 Å². The maximum atomic E-state index is 12.1. The fourth-order valence-corrected chi connectivity index (χ4v) is 3.68. The molecular weight excluding hydrogens is 368 g/mol. The molecule has 1 fully saturated rings. The Bertz CT molecular complexity index is 1250. The predicted octanol–water partition coefficient (Wildman–Crippen LogP) is 2.56. The molecule has 1 aliphatic rings. The van der Waals surface area contributed by atoms with Crippen molar-refractivity contribution in [1.82, 2.24) is 24.9 Å². The van der Waals surface area contributed by atoms with Crippen molar-refractivity contribution >= 4 is 28.4 Å². The van der Waals surface area contributed by atoms with Crippen LogP contribution in [0.3, 0.4) is 0 Å². The fourth-order valence-electron chi connectivity index (χ4n) is 3.68. The van der Waals surface area contributed by atoms with Gasteiger partial charge in [-0.1, -0.05) is 24.3 Å². The van der Waals surface area contributed by atoms with E-state index in [1.165, 1.54) is 0 Å². The number of aryl methyl sites for hydroxylation is 1. The highest BCUT2D eigenvalue weighted by Gasteiger charge is 2.26. The van der Waals surface area contributed by atoms with Crippen LogP contribution in [0.1, 0.15) is 12.0 Å². The molecule has 1 saturated heterocycles. The van der Waals surface area contributed by atoms with Crippen molar-refractivity contribution in [3.63, 3.8) is 0 Å². The molecule has 0 saturated carbocycles. The fraction of sp³-hybridized carbons (Fsp3) is 0.238. The van der Waals surface area contributed by atoms with Crippen molar-refractivity contribution in [3.05, 3.63) is 48.0 Å². The second-order valence-corrected chi connectivity index (χ2v) is 7.08. The van der Waals surface area contributed by atoms with E-state index in [-0.39, 0.29) is 11.9 Å². The van der Waals surface area contributed by atoms with Crippen molar-refractivity contribution in [2.75, 3.05) is 19.0 Å². The summed E-state index contributed by atoms with van der Waals surface area (Å²) in [5.41, 5.74) is 3.42. The van der Waals surface area contributed by atoms with E-state index in [2.05, 4.69) is 10.6 Å². The van der Waals surface area contributed by atoms with Gasteiger partial charge in [0, 0.05) is 17.5 Å². The van der Waals surface area contributed by atoms with Gasteiger partial charge in [0.05, 0.1) is 12.6 Å². The summed E-state index contributed by atoms with van der Waals surface area (Å²) < 4.78 is 7.02. The minimum atomic E-state index is -0.336. The first-order chi connectivity index (χ1) is 14.1. The van der Waals surface area contributed by atoms with Gasteiger partial charge in [0.25, 0.3) is 0 Å². The van der Waals surface area contributed by atoms with E-state index < -0.39 is 0 Å². The highest BCUT2D eigenvalue weighted by Crippen LogP contribution is 2.28. The van der Waals surface area contributed by atoms with Gasteiger partial charge in [-0.3, -0.25) is 4.79 Å². The molecule has 2 aromatic heterocycles. The van der Waals surface area contributed by atoms with Crippen molar-refractivity contribution < 1.29 is 9.53 Å². The third-order valence-corrected chi connectivity index (χ3v) is 5.19. The first kappa shape index (κ1) is 17.4. The lowest BCUT2D eigenvalue weighted by Gasteiger charge is -2.13. The Balaban J connectivity index is 1.73. The standard InChI is InChI=1S/C21H20N6O2/c1-12-5-3-8-15-17(12)19-25-18(13-6-4-7-14(11-13)29-2)26-27(19)21(23-15)24-16-9-10-22-20(16)28/h3-8,11,16H,9-10H2,1-2H3,(H,22,28)(H,23,24). The van der Waals surface area contributed by atoms with Crippen molar-refractivity contribution in [1.29, 1.82) is 0 Å². The number of hydrogen-bond acceptors (Lipinski definition) is 6. The molecule has 4 aromatic rings. The first-order valence-corrected chi connectivity index (χ1v) is 9.49. The second-order valence-electron chi connectivity index (χ2n) is 7.08. The van der Waals surface area contributed by atoms with Crippen LogP contribution in [0.4, 0.5) is 5.95 Å². The normalized spacial score (nSPS) is 16.3. The van der Waals surface area contributed by atoms with E-state index in [1.807, 2.05) is 49.4 Å². The zero-order valence-electron chi connectivity index (χ0n) is 16.1. The molecule has 2 N–H and O–H groups in total. The Kier molecular flexibility index (Phi) is 4.04. The number of carbonyl (C=O) groups is 1. The van der Waals surface area contributed by atoms with Crippen LogP contribution in [-0.2, 0) is 4.79 Å².